The van der Waals surface area contributed by atoms with Gasteiger partial charge in [0.05, 0.1) is 22.4 Å². The molecule has 0 saturated carbocycles. The topological polar surface area (TPSA) is 87.1 Å². The van der Waals surface area contributed by atoms with Crippen molar-refractivity contribution in [1.29, 1.82) is 0 Å². The first-order valence-electron chi connectivity index (χ1n) is 18.1. The zero-order valence-electron chi connectivity index (χ0n) is 29.7. The molecule has 0 amide bonds. The van der Waals surface area contributed by atoms with E-state index >= 15 is 0 Å². The molecule has 4 aromatic heterocycles. The summed E-state index contributed by atoms with van der Waals surface area (Å²) in [6, 6.07) is 47.9. The van der Waals surface area contributed by atoms with Crippen molar-refractivity contribution >= 4 is 27.6 Å². The molecule has 0 spiro atoms. The maximum Gasteiger partial charge on any atom is 0.148 e. The molecule has 2 unspecified atom stereocenters. The predicted molar refractivity (Wildman–Crippen MR) is 211 cm³/mol. The number of fused-ring (bicyclic) bond motifs is 2. The van der Waals surface area contributed by atoms with Gasteiger partial charge >= 0.3 is 0 Å². The van der Waals surface area contributed by atoms with E-state index in [2.05, 4.69) is 22.1 Å². The highest BCUT2D eigenvalue weighted by Gasteiger charge is 2.30. The smallest absolute Gasteiger partial charge is 0.148 e. The largest absolute Gasteiger partial charge is 0.487 e. The molecule has 0 aliphatic rings. The molecule has 4 aromatic carbocycles. The van der Waals surface area contributed by atoms with E-state index in [0.29, 0.717) is 37.6 Å². The second kappa shape index (κ2) is 16.3. The third kappa shape index (κ3) is 8.32. The van der Waals surface area contributed by atoms with E-state index in [0.717, 1.165) is 55.4 Å². The van der Waals surface area contributed by atoms with E-state index in [4.69, 9.17) is 19.4 Å². The summed E-state index contributed by atoms with van der Waals surface area (Å²) in [5.41, 5.74) is 7.51. The van der Waals surface area contributed by atoms with Gasteiger partial charge in [-0.1, -0.05) is 72.8 Å². The molecule has 0 radical (unpaired) electrons. The van der Waals surface area contributed by atoms with Gasteiger partial charge in [-0.15, -0.1) is 0 Å². The number of nitrogens with zero attached hydrogens (tertiary/aromatic N) is 4. The van der Waals surface area contributed by atoms with Gasteiger partial charge in [-0.3, -0.25) is 14.8 Å². The summed E-state index contributed by atoms with van der Waals surface area (Å²) in [5.74, 6) is 0.737. The first-order valence-corrected chi connectivity index (χ1v) is 18.1. The summed E-state index contributed by atoms with van der Waals surface area (Å²) in [6.45, 7) is 0.687. The number of carbonyl (C=O) groups is 1. The SMILES string of the molecule is O=C(C(Cc1ccncc1)c1ccc(OCc2ccc3ccccc3n2)cc1)C(Cc1ccncc1)c1ccc(OCc2ccc3ccccc3n2)cc1. The van der Waals surface area contributed by atoms with Crippen molar-refractivity contribution in [3.05, 3.63) is 204 Å². The Kier molecular flexibility index (Phi) is 10.4. The van der Waals surface area contributed by atoms with E-state index < -0.39 is 11.8 Å². The van der Waals surface area contributed by atoms with Gasteiger partial charge in [0.25, 0.3) is 0 Å². The summed E-state index contributed by atoms with van der Waals surface area (Å²) >= 11 is 0. The van der Waals surface area contributed by atoms with Crippen molar-refractivity contribution in [3.63, 3.8) is 0 Å². The molecule has 7 heteroatoms. The van der Waals surface area contributed by atoms with E-state index in [1.165, 1.54) is 0 Å². The van der Waals surface area contributed by atoms with Crippen molar-refractivity contribution in [2.75, 3.05) is 0 Å². The number of ketones is 1. The summed E-state index contributed by atoms with van der Waals surface area (Å²) in [4.78, 5) is 32.8. The summed E-state index contributed by atoms with van der Waals surface area (Å²) < 4.78 is 12.3. The fraction of sp³-hybridized carbons (Fsp3) is 0.128. The Labute approximate surface area is 314 Å². The van der Waals surface area contributed by atoms with Gasteiger partial charge in [0.15, 0.2) is 0 Å². The van der Waals surface area contributed by atoms with Crippen molar-refractivity contribution in [1.82, 2.24) is 19.9 Å². The lowest BCUT2D eigenvalue weighted by atomic mass is 9.78. The van der Waals surface area contributed by atoms with Crippen molar-refractivity contribution in [2.24, 2.45) is 0 Å². The third-order valence-electron chi connectivity index (χ3n) is 9.72. The summed E-state index contributed by atoms with van der Waals surface area (Å²) in [7, 11) is 0. The van der Waals surface area contributed by atoms with Gasteiger partial charge < -0.3 is 9.47 Å². The molecule has 2 atom stereocenters. The van der Waals surface area contributed by atoms with Gasteiger partial charge in [-0.05, 0) is 108 Å². The van der Waals surface area contributed by atoms with Crippen molar-refractivity contribution < 1.29 is 14.3 Å². The lowest BCUT2D eigenvalue weighted by molar-refractivity contribution is -0.122. The number of rotatable bonds is 14. The molecule has 0 fully saturated rings. The van der Waals surface area contributed by atoms with Crippen LogP contribution in [-0.2, 0) is 30.8 Å². The Hall–Kier alpha value is -6.73. The molecule has 0 aliphatic heterocycles. The summed E-state index contributed by atoms with van der Waals surface area (Å²) in [5, 5.41) is 2.19. The number of hydrogen-bond acceptors (Lipinski definition) is 7. The maximum absolute atomic E-state index is 14.9. The normalized spacial score (nSPS) is 12.3. The van der Waals surface area contributed by atoms with Crippen LogP contribution in [-0.4, -0.2) is 25.7 Å². The standard InChI is InChI=1S/C47H38N4O3/c52-47(43(29-33-21-25-48-26-22-33)35-11-17-41(18-12-35)53-31-39-15-9-37-5-1-3-7-45(37)50-39)44(30-34-23-27-49-28-24-34)36-13-19-42(20-14-36)54-32-40-16-10-38-6-2-4-8-46(38)51-40/h1-28,43-44H,29-32H2. The maximum atomic E-state index is 14.9. The Morgan fingerprint density at radius 3 is 1.30 bits per heavy atom. The zero-order valence-corrected chi connectivity index (χ0v) is 29.7. The summed E-state index contributed by atoms with van der Waals surface area (Å²) in [6.07, 6.45) is 8.17. The lowest BCUT2D eigenvalue weighted by Gasteiger charge is -2.24. The first kappa shape index (κ1) is 34.4. The average Bonchev–Trinajstić information content (AvgIpc) is 3.24. The van der Waals surface area contributed by atoms with Gasteiger partial charge in [-0.2, -0.15) is 0 Å². The Morgan fingerprint density at radius 1 is 0.463 bits per heavy atom. The number of aromatic nitrogens is 4. The molecule has 8 aromatic rings. The number of benzene rings is 4. The van der Waals surface area contributed by atoms with Gasteiger partial charge in [0.2, 0.25) is 0 Å². The minimum Gasteiger partial charge on any atom is -0.487 e. The predicted octanol–water partition coefficient (Wildman–Crippen LogP) is 9.65. The van der Waals surface area contributed by atoms with Crippen LogP contribution in [0.15, 0.2) is 170 Å². The monoisotopic (exact) mass is 706 g/mol. The lowest BCUT2D eigenvalue weighted by Crippen LogP contribution is -2.24. The van der Waals surface area contributed by atoms with Crippen LogP contribution >= 0.6 is 0 Å². The van der Waals surface area contributed by atoms with Gasteiger partial charge in [-0.25, -0.2) is 9.97 Å². The van der Waals surface area contributed by atoms with E-state index in [-0.39, 0.29) is 5.78 Å². The first-order chi connectivity index (χ1) is 26.6. The average molecular weight is 707 g/mol. The van der Waals surface area contributed by atoms with Crippen molar-refractivity contribution in [2.45, 2.75) is 37.9 Å². The molecule has 4 heterocycles. The molecule has 0 N–H and O–H groups in total. The van der Waals surface area contributed by atoms with Crippen LogP contribution in [0.2, 0.25) is 0 Å². The van der Waals surface area contributed by atoms with Crippen molar-refractivity contribution in [3.8, 4) is 11.5 Å². The molecule has 0 bridgehead atoms. The van der Waals surface area contributed by atoms with E-state index in [1.54, 1.807) is 24.8 Å². The van der Waals surface area contributed by atoms with E-state index in [9.17, 15) is 4.79 Å². The number of hydrogen-bond donors (Lipinski definition) is 0. The van der Waals surface area contributed by atoms with Crippen LogP contribution in [0.25, 0.3) is 21.8 Å². The quantitative estimate of drug-likeness (QED) is 0.111. The van der Waals surface area contributed by atoms with Crippen LogP contribution in [0.3, 0.4) is 0 Å². The number of Topliss-reactive ketones (excluding diaryl/α,β-unsaturated/α-hetero) is 1. The second-order valence-electron chi connectivity index (χ2n) is 13.3. The molecular formula is C47H38N4O3. The van der Waals surface area contributed by atoms with Crippen LogP contribution < -0.4 is 9.47 Å². The minimum absolute atomic E-state index is 0.131. The molecule has 7 nitrogen and oxygen atoms in total. The highest BCUT2D eigenvalue weighted by molar-refractivity contribution is 5.92. The Morgan fingerprint density at radius 2 is 0.870 bits per heavy atom. The molecule has 54 heavy (non-hydrogen) atoms. The second-order valence-corrected chi connectivity index (χ2v) is 13.3. The Bertz CT molecular complexity index is 2300. The van der Waals surface area contributed by atoms with Crippen LogP contribution in [0.5, 0.6) is 11.5 Å². The van der Waals surface area contributed by atoms with Crippen LogP contribution in [0.1, 0.15) is 45.5 Å². The number of pyridine rings is 4. The number of ether oxygens (including phenoxy) is 2. The van der Waals surface area contributed by atoms with Gasteiger partial charge in [0.1, 0.15) is 30.5 Å². The molecule has 8 rings (SSSR count). The zero-order chi connectivity index (χ0) is 36.5. The highest BCUT2D eigenvalue weighted by Crippen LogP contribution is 2.34. The fourth-order valence-electron chi connectivity index (χ4n) is 6.80. The highest BCUT2D eigenvalue weighted by atomic mass is 16.5. The molecule has 0 saturated heterocycles. The molecule has 264 valence electrons. The molecule has 0 aliphatic carbocycles. The Balaban J connectivity index is 1.03. The number of carbonyl (C=O) groups excluding carboxylic acids is 1. The minimum atomic E-state index is -0.412. The fourth-order valence-corrected chi connectivity index (χ4v) is 6.80. The third-order valence-corrected chi connectivity index (χ3v) is 9.72. The van der Waals surface area contributed by atoms with Gasteiger partial charge in [0, 0.05) is 47.4 Å². The number of para-hydroxylation sites is 2. The van der Waals surface area contributed by atoms with E-state index in [1.807, 2.05) is 133 Å². The van der Waals surface area contributed by atoms with Crippen LogP contribution in [0, 0.1) is 0 Å². The molecular weight excluding hydrogens is 669 g/mol. The van der Waals surface area contributed by atoms with Crippen LogP contribution in [0.4, 0.5) is 0 Å².